The van der Waals surface area contributed by atoms with Crippen molar-refractivity contribution in [2.75, 3.05) is 18.9 Å². The molecule has 2 aromatic carbocycles. The highest BCUT2D eigenvalue weighted by Crippen LogP contribution is 2.16. The predicted molar refractivity (Wildman–Crippen MR) is 113 cm³/mol. The van der Waals surface area contributed by atoms with E-state index in [-0.39, 0.29) is 24.3 Å². The maximum Gasteiger partial charge on any atom is 0.321 e. The summed E-state index contributed by atoms with van der Waals surface area (Å²) in [6.45, 7) is 4.43. The molecule has 0 saturated heterocycles. The van der Waals surface area contributed by atoms with Gasteiger partial charge in [0.25, 0.3) is 0 Å². The smallest absolute Gasteiger partial charge is 0.321 e. The number of nitrogens with zero attached hydrogens (tertiary/aromatic N) is 3. The van der Waals surface area contributed by atoms with Gasteiger partial charge in [0.05, 0.1) is 0 Å². The van der Waals surface area contributed by atoms with Crippen molar-refractivity contribution in [1.29, 1.82) is 0 Å². The molecule has 3 rings (SSSR count). The summed E-state index contributed by atoms with van der Waals surface area (Å²) in [5.74, 6) is -0.716. The van der Waals surface area contributed by atoms with Gasteiger partial charge in [0, 0.05) is 32.2 Å². The van der Waals surface area contributed by atoms with E-state index in [9.17, 15) is 14.0 Å². The van der Waals surface area contributed by atoms with Crippen LogP contribution in [0.15, 0.2) is 47.0 Å². The third-order valence-corrected chi connectivity index (χ3v) is 4.68. The Kier molecular flexibility index (Phi) is 6.96. The first-order valence-corrected chi connectivity index (χ1v) is 9.76. The van der Waals surface area contributed by atoms with Gasteiger partial charge in [-0.1, -0.05) is 29.4 Å². The first-order chi connectivity index (χ1) is 14.8. The van der Waals surface area contributed by atoms with Crippen LogP contribution in [0.4, 0.5) is 14.9 Å². The molecular weight excluding hydrogens is 401 g/mol. The van der Waals surface area contributed by atoms with E-state index in [0.717, 1.165) is 22.4 Å². The van der Waals surface area contributed by atoms with Gasteiger partial charge in [-0.15, -0.1) is 0 Å². The van der Waals surface area contributed by atoms with Gasteiger partial charge in [0.1, 0.15) is 5.82 Å². The van der Waals surface area contributed by atoms with Crippen LogP contribution < -0.4 is 10.6 Å². The number of rotatable bonds is 7. The zero-order chi connectivity index (χ0) is 22.4. The fourth-order valence-electron chi connectivity index (χ4n) is 2.76. The minimum Gasteiger partial charge on any atom is -0.344 e. The minimum absolute atomic E-state index is 0.167. The molecular formula is C22H24FN5O3. The molecule has 162 valence electrons. The van der Waals surface area contributed by atoms with E-state index < -0.39 is 5.91 Å². The number of carbonyl (C=O) groups excluding carboxylic acids is 2. The minimum atomic E-state index is -0.524. The van der Waals surface area contributed by atoms with Crippen LogP contribution in [-0.4, -0.2) is 40.6 Å². The summed E-state index contributed by atoms with van der Waals surface area (Å²) in [7, 11) is 1.66. The summed E-state index contributed by atoms with van der Waals surface area (Å²) in [4.78, 5) is 30.1. The molecule has 0 spiro atoms. The van der Waals surface area contributed by atoms with Crippen LogP contribution in [-0.2, 0) is 13.0 Å². The summed E-state index contributed by atoms with van der Waals surface area (Å²) < 4.78 is 17.9. The Labute approximate surface area is 179 Å². The van der Waals surface area contributed by atoms with Crippen LogP contribution in [0.3, 0.4) is 0 Å². The second kappa shape index (κ2) is 9.84. The van der Waals surface area contributed by atoms with Gasteiger partial charge in [0.2, 0.25) is 0 Å². The van der Waals surface area contributed by atoms with Gasteiger partial charge < -0.3 is 20.1 Å². The molecule has 1 aromatic heterocycles. The Hall–Kier alpha value is -3.75. The number of hydrogen-bond donors (Lipinski definition) is 2. The van der Waals surface area contributed by atoms with Crippen molar-refractivity contribution >= 4 is 17.6 Å². The van der Waals surface area contributed by atoms with Crippen LogP contribution >= 0.6 is 0 Å². The SMILES string of the molecule is Cc1ccc(C)c(NC(=O)N(C)CCc2noc(C(=O)NCc3ccc(F)cc3)n2)c1. The summed E-state index contributed by atoms with van der Waals surface area (Å²) in [6, 6.07) is 11.4. The average molecular weight is 425 g/mol. The molecule has 0 unspecified atom stereocenters. The van der Waals surface area contributed by atoms with Crippen LogP contribution in [0.1, 0.15) is 33.2 Å². The highest BCUT2D eigenvalue weighted by atomic mass is 19.1. The summed E-state index contributed by atoms with van der Waals surface area (Å²) in [5, 5.41) is 9.31. The van der Waals surface area contributed by atoms with Gasteiger partial charge >= 0.3 is 17.8 Å². The first-order valence-electron chi connectivity index (χ1n) is 9.76. The van der Waals surface area contributed by atoms with Crippen molar-refractivity contribution in [2.24, 2.45) is 0 Å². The zero-order valence-corrected chi connectivity index (χ0v) is 17.6. The Morgan fingerprint density at radius 3 is 2.61 bits per heavy atom. The number of aryl methyl sites for hydroxylation is 2. The fourth-order valence-corrected chi connectivity index (χ4v) is 2.76. The summed E-state index contributed by atoms with van der Waals surface area (Å²) >= 11 is 0. The molecule has 0 saturated carbocycles. The van der Waals surface area contributed by atoms with E-state index in [1.54, 1.807) is 19.2 Å². The predicted octanol–water partition coefficient (Wildman–Crippen LogP) is 3.46. The normalized spacial score (nSPS) is 10.6. The van der Waals surface area contributed by atoms with Gasteiger partial charge in [-0.3, -0.25) is 4.79 Å². The molecule has 8 nitrogen and oxygen atoms in total. The summed E-state index contributed by atoms with van der Waals surface area (Å²) in [6.07, 6.45) is 0.325. The van der Waals surface area contributed by atoms with Crippen molar-refractivity contribution in [3.05, 3.63) is 76.7 Å². The molecule has 3 amide bonds. The molecule has 0 aliphatic heterocycles. The van der Waals surface area contributed by atoms with E-state index in [4.69, 9.17) is 4.52 Å². The maximum absolute atomic E-state index is 12.9. The van der Waals surface area contributed by atoms with Crippen LogP contribution in [0.5, 0.6) is 0 Å². The standard InChI is InChI=1S/C22H24FN5O3/c1-14-4-5-15(2)18(12-14)25-22(30)28(3)11-10-19-26-21(31-27-19)20(29)24-13-16-6-8-17(23)9-7-16/h4-9,12H,10-11,13H2,1-3H3,(H,24,29)(H,25,30). The molecule has 3 aromatic rings. The quantitative estimate of drug-likeness (QED) is 0.604. The molecule has 0 atom stereocenters. The maximum atomic E-state index is 12.9. The number of carbonyl (C=O) groups is 2. The number of halogens is 1. The Morgan fingerprint density at radius 1 is 1.13 bits per heavy atom. The summed E-state index contributed by atoms with van der Waals surface area (Å²) in [5.41, 5.74) is 3.53. The molecule has 0 bridgehead atoms. The number of nitrogens with one attached hydrogen (secondary N) is 2. The Morgan fingerprint density at radius 2 is 1.87 bits per heavy atom. The second-order valence-electron chi connectivity index (χ2n) is 7.24. The van der Waals surface area contributed by atoms with Crippen LogP contribution in [0.2, 0.25) is 0 Å². The number of anilines is 1. The molecule has 0 radical (unpaired) electrons. The Balaban J connectivity index is 1.48. The third-order valence-electron chi connectivity index (χ3n) is 4.68. The van der Waals surface area contributed by atoms with E-state index in [0.29, 0.717) is 18.8 Å². The molecule has 31 heavy (non-hydrogen) atoms. The third kappa shape index (κ3) is 6.11. The highest BCUT2D eigenvalue weighted by molar-refractivity contribution is 5.90. The highest BCUT2D eigenvalue weighted by Gasteiger charge is 2.16. The number of aromatic nitrogens is 2. The van der Waals surface area contributed by atoms with Gasteiger partial charge in [-0.05, 0) is 48.7 Å². The van der Waals surface area contributed by atoms with Crippen LogP contribution in [0.25, 0.3) is 0 Å². The van der Waals surface area contributed by atoms with Crippen molar-refractivity contribution in [1.82, 2.24) is 20.4 Å². The van der Waals surface area contributed by atoms with Crippen LogP contribution in [0, 0.1) is 19.7 Å². The number of urea groups is 1. The lowest BCUT2D eigenvalue weighted by molar-refractivity contribution is 0.0907. The van der Waals surface area contributed by atoms with E-state index in [2.05, 4.69) is 20.8 Å². The van der Waals surface area contributed by atoms with Crippen molar-refractivity contribution in [3.8, 4) is 0 Å². The lowest BCUT2D eigenvalue weighted by Gasteiger charge is -2.18. The monoisotopic (exact) mass is 425 g/mol. The number of benzene rings is 2. The fraction of sp³-hybridized carbons (Fsp3) is 0.273. The lowest BCUT2D eigenvalue weighted by atomic mass is 10.1. The average Bonchev–Trinajstić information content (AvgIpc) is 3.23. The van der Waals surface area contributed by atoms with E-state index >= 15 is 0 Å². The zero-order valence-electron chi connectivity index (χ0n) is 17.6. The van der Waals surface area contributed by atoms with Gasteiger partial charge in [0.15, 0.2) is 5.82 Å². The molecule has 0 aliphatic rings. The largest absolute Gasteiger partial charge is 0.344 e. The van der Waals surface area contributed by atoms with Crippen molar-refractivity contribution in [3.63, 3.8) is 0 Å². The molecule has 0 fully saturated rings. The van der Waals surface area contributed by atoms with E-state index in [1.165, 1.54) is 17.0 Å². The number of hydrogen-bond acceptors (Lipinski definition) is 5. The first kappa shape index (κ1) is 21.9. The lowest BCUT2D eigenvalue weighted by Crippen LogP contribution is -2.33. The molecule has 9 heteroatoms. The van der Waals surface area contributed by atoms with Crippen molar-refractivity contribution in [2.45, 2.75) is 26.8 Å². The molecule has 2 N–H and O–H groups in total. The molecule has 1 heterocycles. The van der Waals surface area contributed by atoms with E-state index in [1.807, 2.05) is 32.0 Å². The second-order valence-corrected chi connectivity index (χ2v) is 7.24. The van der Waals surface area contributed by atoms with Gasteiger partial charge in [-0.2, -0.15) is 4.98 Å². The Bertz CT molecular complexity index is 1070. The molecule has 0 aliphatic carbocycles. The van der Waals surface area contributed by atoms with Crippen molar-refractivity contribution < 1.29 is 18.5 Å². The topological polar surface area (TPSA) is 100 Å². The number of amides is 3. The van der Waals surface area contributed by atoms with Gasteiger partial charge in [-0.25, -0.2) is 9.18 Å². The number of likely N-dealkylation sites (N-methyl/N-ethyl adjacent to an activating group) is 1.